The van der Waals surface area contributed by atoms with E-state index in [1.165, 1.54) is 4.52 Å². The topological polar surface area (TPSA) is 100 Å². The number of H-pyrrole nitrogens is 1. The van der Waals surface area contributed by atoms with E-state index in [1.54, 1.807) is 30.5 Å². The van der Waals surface area contributed by atoms with Crippen molar-refractivity contribution in [1.82, 2.24) is 19.6 Å². The SMILES string of the molecule is O=C(O)c1[nH]c2c(-c3ccccc3)c(-c3ccccc3)nn2c(=O)c1-c1ccc2ncccc2c1. The van der Waals surface area contributed by atoms with Crippen molar-refractivity contribution in [3.05, 3.63) is 113 Å². The quantitative estimate of drug-likeness (QED) is 0.375. The highest BCUT2D eigenvalue weighted by molar-refractivity contribution is 5.98. The largest absolute Gasteiger partial charge is 0.477 e. The van der Waals surface area contributed by atoms with E-state index >= 15 is 0 Å². The molecule has 0 saturated carbocycles. The van der Waals surface area contributed by atoms with E-state index in [-0.39, 0.29) is 11.3 Å². The Hall–Kier alpha value is -5.04. The van der Waals surface area contributed by atoms with Gasteiger partial charge in [0.2, 0.25) is 0 Å². The van der Waals surface area contributed by atoms with Gasteiger partial charge in [-0.25, -0.2) is 4.79 Å². The summed E-state index contributed by atoms with van der Waals surface area (Å²) in [6.07, 6.45) is 1.68. The maximum atomic E-state index is 13.8. The van der Waals surface area contributed by atoms with E-state index in [9.17, 15) is 14.7 Å². The number of hydrogen-bond donors (Lipinski definition) is 2. The van der Waals surface area contributed by atoms with Crippen LogP contribution in [-0.2, 0) is 0 Å². The van der Waals surface area contributed by atoms with Crippen molar-refractivity contribution in [2.75, 3.05) is 0 Å². The second-order valence-corrected chi connectivity index (χ2v) is 8.11. The maximum Gasteiger partial charge on any atom is 0.353 e. The number of carboxylic acids is 1. The fourth-order valence-electron chi connectivity index (χ4n) is 4.41. The van der Waals surface area contributed by atoms with Gasteiger partial charge in [-0.05, 0) is 29.3 Å². The molecule has 3 heterocycles. The molecule has 0 bridgehead atoms. The Labute approximate surface area is 199 Å². The number of aromatic nitrogens is 4. The number of nitrogens with zero attached hydrogens (tertiary/aromatic N) is 3. The maximum absolute atomic E-state index is 13.8. The van der Waals surface area contributed by atoms with Crippen LogP contribution in [0.1, 0.15) is 10.5 Å². The first-order chi connectivity index (χ1) is 17.1. The third-order valence-electron chi connectivity index (χ3n) is 6.00. The Morgan fingerprint density at radius 3 is 2.23 bits per heavy atom. The second kappa shape index (κ2) is 8.07. The van der Waals surface area contributed by atoms with Gasteiger partial charge in [0, 0.05) is 17.1 Å². The molecular weight excluding hydrogens is 440 g/mol. The number of hydrogen-bond acceptors (Lipinski definition) is 4. The number of aromatic amines is 1. The van der Waals surface area contributed by atoms with Crippen molar-refractivity contribution in [3.63, 3.8) is 0 Å². The van der Waals surface area contributed by atoms with Gasteiger partial charge in [0.05, 0.1) is 16.6 Å². The zero-order chi connectivity index (χ0) is 23.9. The van der Waals surface area contributed by atoms with E-state index in [4.69, 9.17) is 0 Å². The molecule has 0 fully saturated rings. The lowest BCUT2D eigenvalue weighted by atomic mass is 10.0. The van der Waals surface area contributed by atoms with E-state index in [1.807, 2.05) is 66.7 Å². The highest BCUT2D eigenvalue weighted by Crippen LogP contribution is 2.35. The van der Waals surface area contributed by atoms with E-state index in [2.05, 4.69) is 15.1 Å². The number of rotatable bonds is 4. The highest BCUT2D eigenvalue weighted by atomic mass is 16.4. The molecule has 0 saturated heterocycles. The van der Waals surface area contributed by atoms with Crippen molar-refractivity contribution < 1.29 is 9.90 Å². The van der Waals surface area contributed by atoms with Gasteiger partial charge < -0.3 is 10.1 Å². The van der Waals surface area contributed by atoms with Gasteiger partial charge in [-0.1, -0.05) is 72.8 Å². The third kappa shape index (κ3) is 3.38. The van der Waals surface area contributed by atoms with Crippen molar-refractivity contribution >= 4 is 22.5 Å². The predicted octanol–water partition coefficient (Wildman–Crippen LogP) is 5.27. The lowest BCUT2D eigenvalue weighted by Gasteiger charge is -2.09. The molecule has 0 amide bonds. The molecule has 6 aromatic rings. The molecule has 0 unspecified atom stereocenters. The zero-order valence-corrected chi connectivity index (χ0v) is 18.3. The lowest BCUT2D eigenvalue weighted by molar-refractivity contribution is 0.0691. The predicted molar refractivity (Wildman–Crippen MR) is 134 cm³/mol. The minimum absolute atomic E-state index is 0.0393. The number of nitrogens with one attached hydrogen (secondary N) is 1. The Morgan fingerprint density at radius 1 is 0.800 bits per heavy atom. The van der Waals surface area contributed by atoms with Crippen LogP contribution in [-0.4, -0.2) is 30.7 Å². The van der Waals surface area contributed by atoms with Crippen LogP contribution in [0.3, 0.4) is 0 Å². The first-order valence-electron chi connectivity index (χ1n) is 11.0. The molecule has 0 aliphatic carbocycles. The molecule has 0 atom stereocenters. The van der Waals surface area contributed by atoms with Gasteiger partial charge >= 0.3 is 5.97 Å². The monoisotopic (exact) mass is 458 g/mol. The van der Waals surface area contributed by atoms with Crippen LogP contribution in [0.4, 0.5) is 0 Å². The number of fused-ring (bicyclic) bond motifs is 2. The summed E-state index contributed by atoms with van der Waals surface area (Å²) in [5.41, 5.74) is 3.76. The Morgan fingerprint density at radius 2 is 1.51 bits per heavy atom. The summed E-state index contributed by atoms with van der Waals surface area (Å²) in [5.74, 6) is -1.23. The molecule has 7 heteroatoms. The summed E-state index contributed by atoms with van der Waals surface area (Å²) >= 11 is 0. The summed E-state index contributed by atoms with van der Waals surface area (Å²) in [4.78, 5) is 33.5. The number of carbonyl (C=O) groups is 1. The van der Waals surface area contributed by atoms with Crippen molar-refractivity contribution in [3.8, 4) is 33.5 Å². The summed E-state index contributed by atoms with van der Waals surface area (Å²) in [5, 5.41) is 15.6. The van der Waals surface area contributed by atoms with Crippen molar-refractivity contribution in [2.45, 2.75) is 0 Å². The normalized spacial score (nSPS) is 11.2. The molecule has 2 N–H and O–H groups in total. The molecule has 3 aromatic heterocycles. The molecule has 7 nitrogen and oxygen atoms in total. The molecule has 35 heavy (non-hydrogen) atoms. The average Bonchev–Trinajstić information content (AvgIpc) is 3.29. The van der Waals surface area contributed by atoms with Gasteiger partial charge in [0.25, 0.3) is 5.56 Å². The van der Waals surface area contributed by atoms with Crippen LogP contribution >= 0.6 is 0 Å². The summed E-state index contributed by atoms with van der Waals surface area (Å²) < 4.78 is 1.26. The number of aromatic carboxylic acids is 1. The van der Waals surface area contributed by atoms with Gasteiger partial charge in [-0.15, -0.1) is 0 Å². The minimum atomic E-state index is -1.23. The van der Waals surface area contributed by atoms with Crippen LogP contribution in [0.5, 0.6) is 0 Å². The lowest BCUT2D eigenvalue weighted by Crippen LogP contribution is -2.22. The van der Waals surface area contributed by atoms with Crippen LogP contribution in [0.25, 0.3) is 50.1 Å². The van der Waals surface area contributed by atoms with E-state index < -0.39 is 11.5 Å². The third-order valence-corrected chi connectivity index (χ3v) is 6.00. The fraction of sp³-hybridized carbons (Fsp3) is 0. The summed E-state index contributed by atoms with van der Waals surface area (Å²) in [7, 11) is 0. The highest BCUT2D eigenvalue weighted by Gasteiger charge is 2.25. The van der Waals surface area contributed by atoms with Crippen LogP contribution in [0.2, 0.25) is 0 Å². The number of carboxylic acid groups (broad SMARTS) is 1. The minimum Gasteiger partial charge on any atom is -0.477 e. The Kier molecular flexibility index (Phi) is 4.74. The standard InChI is InChI=1S/C28H18N4O3/c33-27-23(20-13-14-21-19(16-20)12-7-15-29-21)25(28(34)35)30-26-22(17-8-3-1-4-9-17)24(31-32(26)27)18-10-5-2-6-11-18/h1-16,30H,(H,34,35). The summed E-state index contributed by atoms with van der Waals surface area (Å²) in [6.45, 7) is 0. The number of pyridine rings is 1. The average molecular weight is 458 g/mol. The number of benzene rings is 3. The molecular formula is C28H18N4O3. The van der Waals surface area contributed by atoms with Crippen LogP contribution in [0.15, 0.2) is 102 Å². The molecule has 6 rings (SSSR count). The first-order valence-corrected chi connectivity index (χ1v) is 11.0. The smallest absolute Gasteiger partial charge is 0.353 e. The Bertz CT molecular complexity index is 1790. The molecule has 0 radical (unpaired) electrons. The van der Waals surface area contributed by atoms with Gasteiger partial charge in [-0.3, -0.25) is 9.78 Å². The van der Waals surface area contributed by atoms with Gasteiger partial charge in [0.1, 0.15) is 17.0 Å². The second-order valence-electron chi connectivity index (χ2n) is 8.11. The molecule has 3 aromatic carbocycles. The zero-order valence-electron chi connectivity index (χ0n) is 18.3. The molecule has 0 aliphatic heterocycles. The van der Waals surface area contributed by atoms with E-state index in [0.29, 0.717) is 22.5 Å². The Balaban J connectivity index is 1.71. The van der Waals surface area contributed by atoms with Crippen molar-refractivity contribution in [2.24, 2.45) is 0 Å². The van der Waals surface area contributed by atoms with Crippen LogP contribution in [0, 0.1) is 0 Å². The fourth-order valence-corrected chi connectivity index (χ4v) is 4.41. The summed E-state index contributed by atoms with van der Waals surface area (Å²) in [6, 6.07) is 27.9. The van der Waals surface area contributed by atoms with Crippen molar-refractivity contribution in [1.29, 1.82) is 0 Å². The molecule has 0 spiro atoms. The van der Waals surface area contributed by atoms with Gasteiger partial charge in [-0.2, -0.15) is 9.61 Å². The van der Waals surface area contributed by atoms with Gasteiger partial charge in [0.15, 0.2) is 0 Å². The molecule has 168 valence electrons. The van der Waals surface area contributed by atoms with E-state index in [0.717, 1.165) is 22.0 Å². The first kappa shape index (κ1) is 20.6. The molecule has 0 aliphatic rings. The van der Waals surface area contributed by atoms with Crippen LogP contribution < -0.4 is 5.56 Å².